The first kappa shape index (κ1) is 18.9. The van der Waals surface area contributed by atoms with Crippen LogP contribution in [0.25, 0.3) is 0 Å². The minimum atomic E-state index is -3.21. The second-order valence-corrected chi connectivity index (χ2v) is 8.69. The van der Waals surface area contributed by atoms with E-state index in [0.29, 0.717) is 19.6 Å². The number of hydrogen-bond acceptors (Lipinski definition) is 5. The highest BCUT2D eigenvalue weighted by molar-refractivity contribution is 7.89. The fourth-order valence-electron chi connectivity index (χ4n) is 2.66. The highest BCUT2D eigenvalue weighted by Crippen LogP contribution is 2.31. The van der Waals surface area contributed by atoms with Gasteiger partial charge in [0.05, 0.1) is 10.7 Å². The molecule has 1 saturated heterocycles. The third kappa shape index (κ3) is 5.26. The molecule has 1 unspecified atom stereocenters. The zero-order chi connectivity index (χ0) is 17.0. The molecule has 5 nitrogen and oxygen atoms in total. The fourth-order valence-corrected chi connectivity index (χ4v) is 4.40. The molecule has 130 valence electrons. The average Bonchev–Trinajstić information content (AvgIpc) is 2.47. The third-order valence-electron chi connectivity index (χ3n) is 3.88. The van der Waals surface area contributed by atoms with E-state index < -0.39 is 10.0 Å². The van der Waals surface area contributed by atoms with Crippen molar-refractivity contribution in [1.29, 1.82) is 0 Å². The molecule has 1 heterocycles. The largest absolute Gasteiger partial charge is 0.368 e. The number of nitrogens with one attached hydrogen (secondary N) is 1. The van der Waals surface area contributed by atoms with Crippen LogP contribution in [0.1, 0.15) is 24.7 Å². The molecule has 1 atom stereocenters. The van der Waals surface area contributed by atoms with Gasteiger partial charge in [-0.25, -0.2) is 13.1 Å². The van der Waals surface area contributed by atoms with E-state index in [1.165, 1.54) is 0 Å². The van der Waals surface area contributed by atoms with Crippen LogP contribution < -0.4 is 9.62 Å². The molecule has 0 spiro atoms. The molecule has 0 amide bonds. The van der Waals surface area contributed by atoms with E-state index in [0.717, 1.165) is 29.4 Å². The number of sulfonamides is 1. The summed E-state index contributed by atoms with van der Waals surface area (Å²) in [7, 11) is -3.21. The smallest absolute Gasteiger partial charge is 0.224 e. The topological polar surface area (TPSA) is 52.7 Å². The van der Waals surface area contributed by atoms with Crippen molar-refractivity contribution >= 4 is 39.9 Å². The standard InChI is InChI=1S/C15H24ClN3O2S2/c1-3-17-23(20,21)11-18-6-8-19(9-7-18)15-5-4-13(12(2)22)10-14(15)16/h4-5,10,12,17,22H,3,6-9,11H2,1-2H3. The number of anilines is 1. The molecule has 1 aliphatic heterocycles. The van der Waals surface area contributed by atoms with Crippen molar-refractivity contribution < 1.29 is 8.42 Å². The third-order valence-corrected chi connectivity index (χ3v) is 5.92. The Hall–Kier alpha value is -0.470. The van der Waals surface area contributed by atoms with E-state index >= 15 is 0 Å². The fraction of sp³-hybridized carbons (Fsp3) is 0.600. The summed E-state index contributed by atoms with van der Waals surface area (Å²) in [6, 6.07) is 6.02. The van der Waals surface area contributed by atoms with E-state index in [4.69, 9.17) is 11.6 Å². The van der Waals surface area contributed by atoms with E-state index in [-0.39, 0.29) is 11.1 Å². The van der Waals surface area contributed by atoms with Crippen molar-refractivity contribution in [2.45, 2.75) is 19.1 Å². The second kappa shape index (κ2) is 8.07. The summed E-state index contributed by atoms with van der Waals surface area (Å²) in [5.74, 6) is 0.0541. The monoisotopic (exact) mass is 377 g/mol. The Morgan fingerprint density at radius 3 is 2.48 bits per heavy atom. The van der Waals surface area contributed by atoms with Crippen LogP contribution in [0, 0.1) is 0 Å². The lowest BCUT2D eigenvalue weighted by Gasteiger charge is -2.36. The van der Waals surface area contributed by atoms with Gasteiger partial charge in [0.15, 0.2) is 0 Å². The highest BCUT2D eigenvalue weighted by Gasteiger charge is 2.22. The van der Waals surface area contributed by atoms with E-state index in [1.807, 2.05) is 30.0 Å². The quantitative estimate of drug-likeness (QED) is 0.747. The molecule has 23 heavy (non-hydrogen) atoms. The van der Waals surface area contributed by atoms with Gasteiger partial charge in [-0.05, 0) is 24.6 Å². The van der Waals surface area contributed by atoms with Crippen molar-refractivity contribution in [3.05, 3.63) is 28.8 Å². The van der Waals surface area contributed by atoms with Gasteiger partial charge in [-0.2, -0.15) is 12.6 Å². The number of nitrogens with zero attached hydrogens (tertiary/aromatic N) is 2. The normalized spacial score (nSPS) is 18.2. The van der Waals surface area contributed by atoms with Gasteiger partial charge in [-0.15, -0.1) is 0 Å². The Balaban J connectivity index is 1.97. The minimum Gasteiger partial charge on any atom is -0.368 e. The molecule has 1 aliphatic rings. The number of thiol groups is 1. The molecule has 0 aliphatic carbocycles. The van der Waals surface area contributed by atoms with Crippen LogP contribution in [0.4, 0.5) is 5.69 Å². The van der Waals surface area contributed by atoms with Gasteiger partial charge in [0, 0.05) is 38.0 Å². The Morgan fingerprint density at radius 1 is 1.30 bits per heavy atom. The van der Waals surface area contributed by atoms with Crippen LogP contribution >= 0.6 is 24.2 Å². The Labute approximate surface area is 149 Å². The summed E-state index contributed by atoms with van der Waals surface area (Å²) in [4.78, 5) is 4.15. The lowest BCUT2D eigenvalue weighted by Crippen LogP contribution is -2.49. The van der Waals surface area contributed by atoms with Gasteiger partial charge in [-0.1, -0.05) is 24.6 Å². The van der Waals surface area contributed by atoms with Crippen LogP contribution in [0.3, 0.4) is 0 Å². The van der Waals surface area contributed by atoms with Crippen molar-refractivity contribution in [2.75, 3.05) is 43.5 Å². The predicted octanol–water partition coefficient (Wildman–Crippen LogP) is 2.35. The average molecular weight is 378 g/mol. The number of benzene rings is 1. The Kier molecular flexibility index (Phi) is 6.62. The molecule has 0 bridgehead atoms. The first-order valence-electron chi connectivity index (χ1n) is 7.74. The van der Waals surface area contributed by atoms with Gasteiger partial charge in [0.25, 0.3) is 0 Å². The van der Waals surface area contributed by atoms with E-state index in [1.54, 1.807) is 6.92 Å². The van der Waals surface area contributed by atoms with Gasteiger partial charge >= 0.3 is 0 Å². The number of rotatable bonds is 6. The summed E-state index contributed by atoms with van der Waals surface area (Å²) in [5, 5.41) is 0.867. The van der Waals surface area contributed by atoms with Crippen LogP contribution in [0.5, 0.6) is 0 Å². The second-order valence-electron chi connectivity index (χ2n) is 5.73. The first-order chi connectivity index (χ1) is 10.8. The molecule has 2 rings (SSSR count). The zero-order valence-corrected chi connectivity index (χ0v) is 16.0. The first-order valence-corrected chi connectivity index (χ1v) is 10.3. The maximum absolute atomic E-state index is 11.8. The molecule has 1 N–H and O–H groups in total. The Morgan fingerprint density at radius 2 is 1.96 bits per heavy atom. The Bertz CT molecular complexity index is 630. The van der Waals surface area contributed by atoms with Gasteiger partial charge in [-0.3, -0.25) is 4.90 Å². The minimum absolute atomic E-state index is 0.0541. The van der Waals surface area contributed by atoms with Crippen molar-refractivity contribution in [3.63, 3.8) is 0 Å². The number of halogens is 1. The summed E-state index contributed by atoms with van der Waals surface area (Å²) in [5.41, 5.74) is 2.09. The SMILES string of the molecule is CCNS(=O)(=O)CN1CCN(c2ccc(C(C)S)cc2Cl)CC1. The van der Waals surface area contributed by atoms with Crippen LogP contribution in [0.15, 0.2) is 18.2 Å². The lowest BCUT2D eigenvalue weighted by molar-refractivity contribution is 0.293. The van der Waals surface area contributed by atoms with Gasteiger partial charge < -0.3 is 4.90 Å². The molecule has 1 fully saturated rings. The summed E-state index contributed by atoms with van der Waals surface area (Å²) in [6.07, 6.45) is 0. The van der Waals surface area contributed by atoms with Crippen molar-refractivity contribution in [1.82, 2.24) is 9.62 Å². The summed E-state index contributed by atoms with van der Waals surface area (Å²) >= 11 is 10.8. The predicted molar refractivity (Wildman–Crippen MR) is 100 cm³/mol. The van der Waals surface area contributed by atoms with Crippen LogP contribution in [-0.4, -0.2) is 51.9 Å². The molecule has 0 saturated carbocycles. The maximum Gasteiger partial charge on any atom is 0.224 e. The molecule has 1 aromatic rings. The van der Waals surface area contributed by atoms with Gasteiger partial charge in [0.2, 0.25) is 10.0 Å². The molecular weight excluding hydrogens is 354 g/mol. The molecular formula is C15H24ClN3O2S2. The molecule has 0 aromatic heterocycles. The number of piperazine rings is 1. The van der Waals surface area contributed by atoms with E-state index in [9.17, 15) is 8.42 Å². The number of hydrogen-bond donors (Lipinski definition) is 2. The van der Waals surface area contributed by atoms with Gasteiger partial charge in [0.1, 0.15) is 5.88 Å². The highest BCUT2D eigenvalue weighted by atomic mass is 35.5. The van der Waals surface area contributed by atoms with Crippen molar-refractivity contribution in [2.24, 2.45) is 0 Å². The summed E-state index contributed by atoms with van der Waals surface area (Å²) in [6.45, 7) is 7.14. The molecule has 1 aromatic carbocycles. The van der Waals surface area contributed by atoms with Crippen LogP contribution in [0.2, 0.25) is 5.02 Å². The van der Waals surface area contributed by atoms with Crippen LogP contribution in [-0.2, 0) is 10.0 Å². The molecule has 8 heteroatoms. The molecule has 0 radical (unpaired) electrons. The maximum atomic E-state index is 11.8. The van der Waals surface area contributed by atoms with E-state index in [2.05, 4.69) is 22.3 Å². The summed E-state index contributed by atoms with van der Waals surface area (Å²) < 4.78 is 26.1. The van der Waals surface area contributed by atoms with Crippen molar-refractivity contribution in [3.8, 4) is 0 Å². The lowest BCUT2D eigenvalue weighted by atomic mass is 10.1. The zero-order valence-electron chi connectivity index (χ0n) is 13.5.